The lowest BCUT2D eigenvalue weighted by molar-refractivity contribution is 0.106. The molecule has 0 aromatic carbocycles. The number of halogens is 1. The van der Waals surface area contributed by atoms with E-state index in [4.69, 9.17) is 15.4 Å². The SMILES string of the molecule is CC(COCCCC1CC1)CS(=O)(=O)Cl. The van der Waals surface area contributed by atoms with E-state index in [1.165, 1.54) is 19.3 Å². The first kappa shape index (κ1) is 13.3. The molecule has 0 heterocycles. The maximum atomic E-state index is 10.7. The predicted octanol–water partition coefficient (Wildman–Crippen LogP) is 2.40. The zero-order valence-electron chi connectivity index (χ0n) is 9.12. The molecule has 0 spiro atoms. The molecular formula is C10H19ClO3S. The van der Waals surface area contributed by atoms with Crippen LogP contribution < -0.4 is 0 Å². The highest BCUT2D eigenvalue weighted by Crippen LogP contribution is 2.33. The smallest absolute Gasteiger partial charge is 0.232 e. The van der Waals surface area contributed by atoms with E-state index in [1.54, 1.807) is 0 Å². The van der Waals surface area contributed by atoms with Gasteiger partial charge in [-0.1, -0.05) is 19.8 Å². The van der Waals surface area contributed by atoms with Crippen LogP contribution in [0.2, 0.25) is 0 Å². The molecular weight excluding hydrogens is 236 g/mol. The van der Waals surface area contributed by atoms with Crippen molar-refractivity contribution >= 4 is 19.7 Å². The Hall–Kier alpha value is 0.200. The second-order valence-electron chi connectivity index (χ2n) is 4.47. The van der Waals surface area contributed by atoms with Gasteiger partial charge in [-0.15, -0.1) is 0 Å². The molecule has 90 valence electrons. The van der Waals surface area contributed by atoms with Crippen molar-refractivity contribution in [3.05, 3.63) is 0 Å². The first-order valence-electron chi connectivity index (χ1n) is 5.47. The van der Waals surface area contributed by atoms with Crippen LogP contribution in [0.3, 0.4) is 0 Å². The molecule has 0 aromatic rings. The Morgan fingerprint density at radius 2 is 2.13 bits per heavy atom. The van der Waals surface area contributed by atoms with Crippen LogP contribution in [0.15, 0.2) is 0 Å². The van der Waals surface area contributed by atoms with Crippen LogP contribution in [0.25, 0.3) is 0 Å². The number of rotatable bonds is 8. The Balaban J connectivity index is 1.93. The van der Waals surface area contributed by atoms with Crippen LogP contribution >= 0.6 is 10.7 Å². The van der Waals surface area contributed by atoms with E-state index < -0.39 is 9.05 Å². The van der Waals surface area contributed by atoms with Gasteiger partial charge >= 0.3 is 0 Å². The van der Waals surface area contributed by atoms with Crippen molar-refractivity contribution in [3.8, 4) is 0 Å². The minimum Gasteiger partial charge on any atom is -0.381 e. The Labute approximate surface area is 96.6 Å². The molecule has 0 radical (unpaired) electrons. The molecule has 0 aromatic heterocycles. The van der Waals surface area contributed by atoms with Crippen molar-refractivity contribution < 1.29 is 13.2 Å². The third-order valence-corrected chi connectivity index (χ3v) is 3.83. The molecule has 3 nitrogen and oxygen atoms in total. The zero-order chi connectivity index (χ0) is 11.3. The number of hydrogen-bond acceptors (Lipinski definition) is 3. The Morgan fingerprint density at radius 3 is 2.67 bits per heavy atom. The lowest BCUT2D eigenvalue weighted by Gasteiger charge is -2.09. The van der Waals surface area contributed by atoms with Crippen LogP contribution in [0.5, 0.6) is 0 Å². The summed E-state index contributed by atoms with van der Waals surface area (Å²) in [6.45, 7) is 3.06. The summed E-state index contributed by atoms with van der Waals surface area (Å²) < 4.78 is 26.9. The summed E-state index contributed by atoms with van der Waals surface area (Å²) in [7, 11) is 1.76. The second-order valence-corrected chi connectivity index (χ2v) is 7.29. The number of ether oxygens (including phenoxy) is 1. The molecule has 1 fully saturated rings. The zero-order valence-corrected chi connectivity index (χ0v) is 10.7. The van der Waals surface area contributed by atoms with E-state index in [0.717, 1.165) is 18.9 Å². The molecule has 1 aliphatic rings. The molecule has 5 heteroatoms. The van der Waals surface area contributed by atoms with Gasteiger partial charge in [0.25, 0.3) is 0 Å². The average Bonchev–Trinajstić information content (AvgIpc) is 2.83. The lowest BCUT2D eigenvalue weighted by atomic mass is 10.2. The second kappa shape index (κ2) is 6.06. The lowest BCUT2D eigenvalue weighted by Crippen LogP contribution is -2.15. The van der Waals surface area contributed by atoms with E-state index in [1.807, 2.05) is 6.92 Å². The molecule has 0 bridgehead atoms. The summed E-state index contributed by atoms with van der Waals surface area (Å²) in [5.41, 5.74) is 0. The summed E-state index contributed by atoms with van der Waals surface area (Å²) in [6.07, 6.45) is 5.09. The van der Waals surface area contributed by atoms with Crippen LogP contribution in [0.4, 0.5) is 0 Å². The summed E-state index contributed by atoms with van der Waals surface area (Å²) in [6, 6.07) is 0. The third-order valence-electron chi connectivity index (χ3n) is 2.48. The van der Waals surface area contributed by atoms with Gasteiger partial charge in [0.15, 0.2) is 0 Å². The van der Waals surface area contributed by atoms with Gasteiger partial charge in [-0.3, -0.25) is 0 Å². The third kappa shape index (κ3) is 8.05. The van der Waals surface area contributed by atoms with Gasteiger partial charge in [0, 0.05) is 17.3 Å². The minimum atomic E-state index is -3.38. The monoisotopic (exact) mass is 254 g/mol. The average molecular weight is 255 g/mol. The topological polar surface area (TPSA) is 43.4 Å². The van der Waals surface area contributed by atoms with Gasteiger partial charge in [-0.05, 0) is 24.7 Å². The Kier molecular flexibility index (Phi) is 5.36. The van der Waals surface area contributed by atoms with Gasteiger partial charge in [0.1, 0.15) is 0 Å². The molecule has 0 amide bonds. The molecule has 0 saturated heterocycles. The van der Waals surface area contributed by atoms with E-state index in [0.29, 0.717) is 6.61 Å². The largest absolute Gasteiger partial charge is 0.381 e. The van der Waals surface area contributed by atoms with Crippen LogP contribution in [-0.2, 0) is 13.8 Å². The maximum Gasteiger partial charge on any atom is 0.232 e. The number of hydrogen-bond donors (Lipinski definition) is 0. The van der Waals surface area contributed by atoms with Crippen molar-refractivity contribution in [2.24, 2.45) is 11.8 Å². The fourth-order valence-electron chi connectivity index (χ4n) is 1.55. The van der Waals surface area contributed by atoms with E-state index >= 15 is 0 Å². The van der Waals surface area contributed by atoms with Gasteiger partial charge < -0.3 is 4.74 Å². The highest BCUT2D eigenvalue weighted by Gasteiger charge is 2.20. The van der Waals surface area contributed by atoms with Crippen molar-refractivity contribution in [2.45, 2.75) is 32.6 Å². The van der Waals surface area contributed by atoms with Gasteiger partial charge in [-0.2, -0.15) is 0 Å². The Bertz CT molecular complexity index is 272. The summed E-state index contributed by atoms with van der Waals surface area (Å²) in [5.74, 6) is 0.916. The normalized spacial score (nSPS) is 19.1. The van der Waals surface area contributed by atoms with Crippen molar-refractivity contribution in [3.63, 3.8) is 0 Å². The van der Waals surface area contributed by atoms with Crippen LogP contribution in [-0.4, -0.2) is 27.4 Å². The molecule has 1 aliphatic carbocycles. The first-order chi connectivity index (χ1) is 6.97. The molecule has 15 heavy (non-hydrogen) atoms. The molecule has 1 rings (SSSR count). The maximum absolute atomic E-state index is 10.7. The summed E-state index contributed by atoms with van der Waals surface area (Å²) in [4.78, 5) is 0. The van der Waals surface area contributed by atoms with E-state index in [-0.39, 0.29) is 11.7 Å². The van der Waals surface area contributed by atoms with Crippen LogP contribution in [0.1, 0.15) is 32.6 Å². The summed E-state index contributed by atoms with van der Waals surface area (Å²) >= 11 is 0. The molecule has 1 unspecified atom stereocenters. The van der Waals surface area contributed by atoms with Crippen molar-refractivity contribution in [1.29, 1.82) is 0 Å². The predicted molar refractivity (Wildman–Crippen MR) is 61.6 cm³/mol. The minimum absolute atomic E-state index is 0.00280. The van der Waals surface area contributed by atoms with Crippen LogP contribution in [0, 0.1) is 11.8 Å². The van der Waals surface area contributed by atoms with Gasteiger partial charge in [0.2, 0.25) is 9.05 Å². The highest BCUT2D eigenvalue weighted by molar-refractivity contribution is 8.13. The van der Waals surface area contributed by atoms with E-state index in [9.17, 15) is 8.42 Å². The standard InChI is InChI=1S/C10H19ClO3S/c1-9(8-15(11,12)13)7-14-6-2-3-10-4-5-10/h9-10H,2-8H2,1H3. The summed E-state index contributed by atoms with van der Waals surface area (Å²) in [5, 5.41) is 0. The van der Waals surface area contributed by atoms with Crippen molar-refractivity contribution in [1.82, 2.24) is 0 Å². The fraction of sp³-hybridized carbons (Fsp3) is 1.00. The first-order valence-corrected chi connectivity index (χ1v) is 7.95. The van der Waals surface area contributed by atoms with Gasteiger partial charge in [-0.25, -0.2) is 8.42 Å². The Morgan fingerprint density at radius 1 is 1.47 bits per heavy atom. The van der Waals surface area contributed by atoms with Crippen molar-refractivity contribution in [2.75, 3.05) is 19.0 Å². The molecule has 1 atom stereocenters. The fourth-order valence-corrected chi connectivity index (χ4v) is 2.97. The van der Waals surface area contributed by atoms with Gasteiger partial charge in [0.05, 0.1) is 12.4 Å². The molecule has 0 aliphatic heterocycles. The molecule has 1 saturated carbocycles. The molecule has 0 N–H and O–H groups in total. The van der Waals surface area contributed by atoms with E-state index in [2.05, 4.69) is 0 Å². The highest BCUT2D eigenvalue weighted by atomic mass is 35.7. The quantitative estimate of drug-likeness (QED) is 0.494.